The monoisotopic (exact) mass is 434 g/mol. The number of alkyl halides is 3. The third-order valence-electron chi connectivity index (χ3n) is 4.14. The highest BCUT2D eigenvalue weighted by molar-refractivity contribution is 7.89. The molecule has 28 heavy (non-hydrogen) atoms. The Balaban J connectivity index is 1.55. The van der Waals surface area contributed by atoms with E-state index in [1.807, 2.05) is 11.4 Å². The number of carbonyl (C=O) groups excluding carboxylic acids is 1. The summed E-state index contributed by atoms with van der Waals surface area (Å²) < 4.78 is 67.3. The summed E-state index contributed by atoms with van der Waals surface area (Å²) >= 11 is 1.65. The Labute approximate surface area is 164 Å². The van der Waals surface area contributed by atoms with Gasteiger partial charge in [0.2, 0.25) is 15.9 Å². The lowest BCUT2D eigenvalue weighted by Gasteiger charge is -2.27. The molecular formula is C17H17F3N2O4S2. The molecule has 3 rings (SSSR count). The zero-order valence-electron chi connectivity index (χ0n) is 14.5. The summed E-state index contributed by atoms with van der Waals surface area (Å²) in [7, 11) is -4.07. The summed E-state index contributed by atoms with van der Waals surface area (Å²) in [6.07, 6.45) is -4.19. The van der Waals surface area contributed by atoms with Gasteiger partial charge in [-0.25, -0.2) is 13.1 Å². The highest BCUT2D eigenvalue weighted by atomic mass is 32.2. The Morgan fingerprint density at radius 3 is 2.82 bits per heavy atom. The van der Waals surface area contributed by atoms with Crippen LogP contribution in [0.1, 0.15) is 16.9 Å². The van der Waals surface area contributed by atoms with Crippen molar-refractivity contribution in [3.63, 3.8) is 0 Å². The number of hydrogen-bond donors (Lipinski definition) is 1. The first kappa shape index (κ1) is 20.6. The molecule has 0 aliphatic carbocycles. The Kier molecular flexibility index (Phi) is 5.96. The van der Waals surface area contributed by atoms with E-state index >= 15 is 0 Å². The number of nitrogens with one attached hydrogen (secondary N) is 1. The Hall–Kier alpha value is -2.11. The molecule has 2 aromatic rings. The first-order valence-electron chi connectivity index (χ1n) is 8.32. The molecule has 0 bridgehead atoms. The molecule has 152 valence electrons. The highest BCUT2D eigenvalue weighted by Gasteiger charge is 2.31. The molecule has 1 aliphatic rings. The van der Waals surface area contributed by atoms with E-state index < -0.39 is 22.1 Å². The van der Waals surface area contributed by atoms with Gasteiger partial charge >= 0.3 is 6.36 Å². The smallest absolute Gasteiger partial charge is 0.406 e. The number of rotatable bonds is 6. The Morgan fingerprint density at radius 2 is 2.07 bits per heavy atom. The lowest BCUT2D eigenvalue weighted by molar-refractivity contribution is -0.274. The first-order chi connectivity index (χ1) is 13.1. The molecule has 0 saturated heterocycles. The van der Waals surface area contributed by atoms with E-state index in [2.05, 4.69) is 9.46 Å². The van der Waals surface area contributed by atoms with Crippen molar-refractivity contribution < 1.29 is 31.1 Å². The van der Waals surface area contributed by atoms with Crippen molar-refractivity contribution in [1.29, 1.82) is 0 Å². The molecule has 11 heteroatoms. The fraction of sp³-hybridized carbons (Fsp3) is 0.353. The van der Waals surface area contributed by atoms with Crippen molar-refractivity contribution in [1.82, 2.24) is 9.62 Å². The zero-order chi connectivity index (χ0) is 20.4. The number of halogens is 3. The molecule has 1 aliphatic heterocycles. The molecule has 6 nitrogen and oxygen atoms in total. The van der Waals surface area contributed by atoms with Crippen LogP contribution in [0.2, 0.25) is 0 Å². The van der Waals surface area contributed by atoms with Crippen LogP contribution in [0.3, 0.4) is 0 Å². The van der Waals surface area contributed by atoms with Gasteiger partial charge in [0.25, 0.3) is 0 Å². The third-order valence-corrected chi connectivity index (χ3v) is 6.62. The van der Waals surface area contributed by atoms with Crippen LogP contribution in [0.15, 0.2) is 40.6 Å². The van der Waals surface area contributed by atoms with Crippen LogP contribution in [0.5, 0.6) is 5.75 Å². The first-order valence-corrected chi connectivity index (χ1v) is 10.7. The molecule has 0 saturated carbocycles. The van der Waals surface area contributed by atoms with Crippen LogP contribution in [0.4, 0.5) is 13.2 Å². The van der Waals surface area contributed by atoms with Gasteiger partial charge in [-0.2, -0.15) is 0 Å². The highest BCUT2D eigenvalue weighted by Crippen LogP contribution is 2.25. The van der Waals surface area contributed by atoms with Crippen LogP contribution in [-0.2, 0) is 27.8 Å². The molecule has 0 radical (unpaired) electrons. The molecule has 1 aromatic carbocycles. The summed E-state index contributed by atoms with van der Waals surface area (Å²) in [5.74, 6) is -0.819. The van der Waals surface area contributed by atoms with Crippen molar-refractivity contribution in [2.75, 3.05) is 13.1 Å². The topological polar surface area (TPSA) is 75.7 Å². The quantitative estimate of drug-likeness (QED) is 0.759. The van der Waals surface area contributed by atoms with E-state index in [0.717, 1.165) is 36.2 Å². The van der Waals surface area contributed by atoms with Crippen LogP contribution >= 0.6 is 11.3 Å². The number of amides is 1. The van der Waals surface area contributed by atoms with Crippen molar-refractivity contribution >= 4 is 27.3 Å². The van der Waals surface area contributed by atoms with Crippen molar-refractivity contribution in [2.24, 2.45) is 0 Å². The minimum Gasteiger partial charge on any atom is -0.406 e. The predicted molar refractivity (Wildman–Crippen MR) is 96.4 cm³/mol. The maximum atomic E-state index is 12.3. The van der Waals surface area contributed by atoms with Gasteiger partial charge in [0.15, 0.2) is 0 Å². The van der Waals surface area contributed by atoms with E-state index in [1.165, 1.54) is 4.88 Å². The molecular weight excluding hydrogens is 417 g/mol. The molecule has 0 spiro atoms. The van der Waals surface area contributed by atoms with E-state index in [9.17, 15) is 26.4 Å². The lowest BCUT2D eigenvalue weighted by atomic mass is 10.1. The van der Waals surface area contributed by atoms with Gasteiger partial charge < -0.3 is 9.64 Å². The number of hydrogen-bond acceptors (Lipinski definition) is 5. The van der Waals surface area contributed by atoms with Gasteiger partial charge in [-0.1, -0.05) is 6.07 Å². The summed E-state index contributed by atoms with van der Waals surface area (Å²) in [5, 5.41) is 1.98. The predicted octanol–water partition coefficient (Wildman–Crippen LogP) is 2.90. The van der Waals surface area contributed by atoms with Crippen LogP contribution in [-0.4, -0.2) is 38.7 Å². The molecule has 1 N–H and O–H groups in total. The zero-order valence-corrected chi connectivity index (χ0v) is 16.2. The number of ether oxygens (including phenoxy) is 1. The maximum Gasteiger partial charge on any atom is 0.573 e. The van der Waals surface area contributed by atoms with Crippen molar-refractivity contribution in [2.45, 2.75) is 30.6 Å². The Bertz CT molecular complexity index is 957. The summed E-state index contributed by atoms with van der Waals surface area (Å²) in [5.41, 5.74) is 1.10. The van der Waals surface area contributed by atoms with Crippen LogP contribution < -0.4 is 9.46 Å². The molecule has 1 aromatic heterocycles. The van der Waals surface area contributed by atoms with Gasteiger partial charge in [0, 0.05) is 37.0 Å². The van der Waals surface area contributed by atoms with Gasteiger partial charge in [-0.3, -0.25) is 4.79 Å². The number of carbonyl (C=O) groups is 1. The second-order valence-electron chi connectivity index (χ2n) is 6.10. The molecule has 1 amide bonds. The largest absolute Gasteiger partial charge is 0.573 e. The van der Waals surface area contributed by atoms with Gasteiger partial charge in [0.1, 0.15) is 5.75 Å². The number of nitrogens with zero attached hydrogens (tertiary/aromatic N) is 1. The number of sulfonamides is 1. The van der Waals surface area contributed by atoms with Crippen molar-refractivity contribution in [3.05, 3.63) is 46.2 Å². The van der Waals surface area contributed by atoms with E-state index in [1.54, 1.807) is 16.2 Å². The van der Waals surface area contributed by atoms with Gasteiger partial charge in [-0.15, -0.1) is 24.5 Å². The summed E-state index contributed by atoms with van der Waals surface area (Å²) in [6, 6.07) is 6.05. The summed E-state index contributed by atoms with van der Waals surface area (Å²) in [4.78, 5) is 14.9. The third kappa shape index (κ3) is 5.24. The Morgan fingerprint density at radius 1 is 1.29 bits per heavy atom. The lowest BCUT2D eigenvalue weighted by Crippen LogP contribution is -2.37. The maximum absolute atomic E-state index is 12.3. The fourth-order valence-electron chi connectivity index (χ4n) is 2.83. The standard InChI is InChI=1S/C17H17F3N2O4S2/c18-17(19,20)26-13-2-1-3-14(10-13)28(24,25)21-7-4-16(23)22-8-5-15-12(11-22)6-9-27-15/h1-3,6,9-10,21H,4-5,7-8,11H2. The SMILES string of the molecule is O=C(CCNS(=O)(=O)c1cccc(OC(F)(F)F)c1)N1CCc2sccc2C1. The van der Waals surface area contributed by atoms with Crippen LogP contribution in [0, 0.1) is 0 Å². The fourth-order valence-corrected chi connectivity index (χ4v) is 4.79. The second kappa shape index (κ2) is 8.10. The minimum absolute atomic E-state index is 0.0442. The van der Waals surface area contributed by atoms with E-state index in [0.29, 0.717) is 13.1 Å². The average molecular weight is 434 g/mol. The van der Waals surface area contributed by atoms with Crippen molar-refractivity contribution in [3.8, 4) is 5.75 Å². The van der Waals surface area contributed by atoms with Gasteiger partial charge in [0.05, 0.1) is 4.90 Å². The molecule has 0 atom stereocenters. The number of thiophene rings is 1. The number of benzene rings is 1. The molecule has 2 heterocycles. The van der Waals surface area contributed by atoms with Gasteiger partial charge in [-0.05, 0) is 35.6 Å². The molecule has 0 fully saturated rings. The minimum atomic E-state index is -4.92. The summed E-state index contributed by atoms with van der Waals surface area (Å²) in [6.45, 7) is 0.926. The van der Waals surface area contributed by atoms with E-state index in [-0.39, 0.29) is 23.8 Å². The van der Waals surface area contributed by atoms with E-state index in [4.69, 9.17) is 0 Å². The second-order valence-corrected chi connectivity index (χ2v) is 8.87. The number of fused-ring (bicyclic) bond motifs is 1. The van der Waals surface area contributed by atoms with Crippen LogP contribution in [0.25, 0.3) is 0 Å². The normalized spacial score (nSPS) is 14.6. The average Bonchev–Trinajstić information content (AvgIpc) is 3.08. The molecule has 0 unspecified atom stereocenters.